The highest BCUT2D eigenvalue weighted by Crippen LogP contribution is 2.36. The first-order chi connectivity index (χ1) is 7.08. The molecule has 0 aromatic rings. The zero-order valence-corrected chi connectivity index (χ0v) is 9.81. The maximum absolute atomic E-state index is 11.4. The SMILES string of the molecule is CC(C)NC(=O)NCC1(CN)CCCC1. The molecule has 0 aromatic heterocycles. The molecule has 2 amide bonds. The van der Waals surface area contributed by atoms with E-state index in [0.717, 1.165) is 12.8 Å². The number of urea groups is 1. The molecule has 1 aliphatic rings. The van der Waals surface area contributed by atoms with Crippen LogP contribution in [0.15, 0.2) is 0 Å². The Hall–Kier alpha value is -0.770. The quantitative estimate of drug-likeness (QED) is 0.657. The van der Waals surface area contributed by atoms with Crippen molar-refractivity contribution in [3.05, 3.63) is 0 Å². The van der Waals surface area contributed by atoms with E-state index in [0.29, 0.717) is 13.1 Å². The van der Waals surface area contributed by atoms with Gasteiger partial charge in [0.2, 0.25) is 0 Å². The van der Waals surface area contributed by atoms with Crippen LogP contribution in [0, 0.1) is 5.41 Å². The molecule has 0 atom stereocenters. The fraction of sp³-hybridized carbons (Fsp3) is 0.909. The van der Waals surface area contributed by atoms with Crippen molar-refractivity contribution >= 4 is 6.03 Å². The fourth-order valence-electron chi connectivity index (χ4n) is 2.16. The predicted molar refractivity (Wildman–Crippen MR) is 61.6 cm³/mol. The normalized spacial score (nSPS) is 19.2. The standard InChI is InChI=1S/C11H23N3O/c1-9(2)14-10(15)13-8-11(7-12)5-3-4-6-11/h9H,3-8,12H2,1-2H3,(H2,13,14,15). The summed E-state index contributed by atoms with van der Waals surface area (Å²) in [5.74, 6) is 0. The summed E-state index contributed by atoms with van der Waals surface area (Å²) in [5.41, 5.74) is 5.95. The van der Waals surface area contributed by atoms with Gasteiger partial charge < -0.3 is 16.4 Å². The van der Waals surface area contributed by atoms with E-state index in [9.17, 15) is 4.79 Å². The summed E-state index contributed by atoms with van der Waals surface area (Å²) >= 11 is 0. The molecule has 0 aromatic carbocycles. The van der Waals surface area contributed by atoms with Crippen LogP contribution in [0.3, 0.4) is 0 Å². The first kappa shape index (κ1) is 12.3. The zero-order valence-electron chi connectivity index (χ0n) is 9.81. The van der Waals surface area contributed by atoms with Gasteiger partial charge in [0.05, 0.1) is 0 Å². The Balaban J connectivity index is 2.31. The molecular weight excluding hydrogens is 190 g/mol. The fourth-order valence-corrected chi connectivity index (χ4v) is 2.16. The van der Waals surface area contributed by atoms with Gasteiger partial charge in [-0.3, -0.25) is 0 Å². The molecule has 15 heavy (non-hydrogen) atoms. The maximum atomic E-state index is 11.4. The molecule has 4 heteroatoms. The lowest BCUT2D eigenvalue weighted by Gasteiger charge is -2.27. The Morgan fingerprint density at radius 2 is 2.00 bits per heavy atom. The van der Waals surface area contributed by atoms with E-state index < -0.39 is 0 Å². The van der Waals surface area contributed by atoms with E-state index in [1.165, 1.54) is 12.8 Å². The molecule has 0 bridgehead atoms. The largest absolute Gasteiger partial charge is 0.338 e. The molecule has 0 unspecified atom stereocenters. The topological polar surface area (TPSA) is 67.2 Å². The van der Waals surface area contributed by atoms with Gasteiger partial charge in [0.25, 0.3) is 0 Å². The molecule has 1 aliphatic carbocycles. The van der Waals surface area contributed by atoms with Gasteiger partial charge >= 0.3 is 6.03 Å². The van der Waals surface area contributed by atoms with E-state index >= 15 is 0 Å². The van der Waals surface area contributed by atoms with Crippen LogP contribution in [0.5, 0.6) is 0 Å². The van der Waals surface area contributed by atoms with Gasteiger partial charge in [-0.25, -0.2) is 4.79 Å². The van der Waals surface area contributed by atoms with E-state index in [2.05, 4.69) is 10.6 Å². The number of hydrogen-bond donors (Lipinski definition) is 3. The third kappa shape index (κ3) is 3.70. The highest BCUT2D eigenvalue weighted by molar-refractivity contribution is 5.74. The van der Waals surface area contributed by atoms with Crippen molar-refractivity contribution < 1.29 is 4.79 Å². The third-order valence-corrected chi connectivity index (χ3v) is 3.14. The van der Waals surface area contributed by atoms with Crippen molar-refractivity contribution in [2.75, 3.05) is 13.1 Å². The predicted octanol–water partition coefficient (Wildman–Crippen LogP) is 1.21. The second kappa shape index (κ2) is 5.35. The minimum atomic E-state index is -0.0790. The molecule has 0 radical (unpaired) electrons. The lowest BCUT2D eigenvalue weighted by atomic mass is 9.86. The molecule has 0 saturated heterocycles. The molecule has 1 saturated carbocycles. The smallest absolute Gasteiger partial charge is 0.315 e. The maximum Gasteiger partial charge on any atom is 0.315 e. The molecule has 4 nitrogen and oxygen atoms in total. The van der Waals surface area contributed by atoms with Crippen LogP contribution in [0.25, 0.3) is 0 Å². The van der Waals surface area contributed by atoms with Crippen molar-refractivity contribution in [2.45, 2.75) is 45.6 Å². The van der Waals surface area contributed by atoms with Crippen molar-refractivity contribution in [3.63, 3.8) is 0 Å². The van der Waals surface area contributed by atoms with Gasteiger partial charge in [-0.15, -0.1) is 0 Å². The van der Waals surface area contributed by atoms with Gasteiger partial charge in [-0.1, -0.05) is 12.8 Å². The number of carbonyl (C=O) groups excluding carboxylic acids is 1. The van der Waals surface area contributed by atoms with Gasteiger partial charge in [0.15, 0.2) is 0 Å². The first-order valence-corrected chi connectivity index (χ1v) is 5.82. The Bertz CT molecular complexity index is 210. The van der Waals surface area contributed by atoms with E-state index in [-0.39, 0.29) is 17.5 Å². The average molecular weight is 213 g/mol. The Morgan fingerprint density at radius 1 is 1.40 bits per heavy atom. The van der Waals surface area contributed by atoms with Crippen molar-refractivity contribution in [1.29, 1.82) is 0 Å². The summed E-state index contributed by atoms with van der Waals surface area (Å²) in [6, 6.07) is 0.104. The summed E-state index contributed by atoms with van der Waals surface area (Å²) in [6.07, 6.45) is 4.77. The molecular formula is C11H23N3O. The Morgan fingerprint density at radius 3 is 2.47 bits per heavy atom. The summed E-state index contributed by atoms with van der Waals surface area (Å²) < 4.78 is 0. The minimum Gasteiger partial charge on any atom is -0.338 e. The number of carbonyl (C=O) groups is 1. The molecule has 1 fully saturated rings. The summed E-state index contributed by atoms with van der Waals surface area (Å²) in [7, 11) is 0. The highest BCUT2D eigenvalue weighted by Gasteiger charge is 2.32. The Kier molecular flexibility index (Phi) is 4.39. The van der Waals surface area contributed by atoms with Crippen LogP contribution in [0.1, 0.15) is 39.5 Å². The summed E-state index contributed by atoms with van der Waals surface area (Å²) in [4.78, 5) is 11.4. The number of hydrogen-bond acceptors (Lipinski definition) is 2. The van der Waals surface area contributed by atoms with Crippen LogP contribution in [-0.2, 0) is 0 Å². The van der Waals surface area contributed by atoms with Gasteiger partial charge in [-0.05, 0) is 33.2 Å². The molecule has 0 spiro atoms. The minimum absolute atomic E-state index is 0.0790. The average Bonchev–Trinajstić information content (AvgIpc) is 2.63. The van der Waals surface area contributed by atoms with Crippen LogP contribution in [0.2, 0.25) is 0 Å². The van der Waals surface area contributed by atoms with Crippen LogP contribution < -0.4 is 16.4 Å². The van der Waals surface area contributed by atoms with E-state index in [1.807, 2.05) is 13.8 Å². The second-order valence-electron chi connectivity index (χ2n) is 4.89. The van der Waals surface area contributed by atoms with Crippen LogP contribution >= 0.6 is 0 Å². The van der Waals surface area contributed by atoms with E-state index in [1.54, 1.807) is 0 Å². The van der Waals surface area contributed by atoms with Gasteiger partial charge in [-0.2, -0.15) is 0 Å². The van der Waals surface area contributed by atoms with Crippen molar-refractivity contribution in [1.82, 2.24) is 10.6 Å². The summed E-state index contributed by atoms with van der Waals surface area (Å²) in [5, 5.41) is 5.73. The van der Waals surface area contributed by atoms with Gasteiger partial charge in [0.1, 0.15) is 0 Å². The van der Waals surface area contributed by atoms with Crippen LogP contribution in [-0.4, -0.2) is 25.2 Å². The lowest BCUT2D eigenvalue weighted by Crippen LogP contribution is -2.46. The molecule has 0 aliphatic heterocycles. The second-order valence-corrected chi connectivity index (χ2v) is 4.89. The molecule has 1 rings (SSSR count). The van der Waals surface area contributed by atoms with E-state index in [4.69, 9.17) is 5.73 Å². The van der Waals surface area contributed by atoms with Crippen LogP contribution in [0.4, 0.5) is 4.79 Å². The van der Waals surface area contributed by atoms with Crippen molar-refractivity contribution in [2.24, 2.45) is 11.1 Å². The van der Waals surface area contributed by atoms with Crippen molar-refractivity contribution in [3.8, 4) is 0 Å². The molecule has 4 N–H and O–H groups in total. The molecule has 88 valence electrons. The summed E-state index contributed by atoms with van der Waals surface area (Å²) in [6.45, 7) is 5.29. The van der Waals surface area contributed by atoms with Gasteiger partial charge in [0, 0.05) is 18.0 Å². The molecule has 0 heterocycles. The third-order valence-electron chi connectivity index (χ3n) is 3.14. The first-order valence-electron chi connectivity index (χ1n) is 5.82. The number of nitrogens with one attached hydrogen (secondary N) is 2. The Labute approximate surface area is 92.0 Å². The lowest BCUT2D eigenvalue weighted by molar-refractivity contribution is 0.227. The zero-order chi connectivity index (χ0) is 11.3. The highest BCUT2D eigenvalue weighted by atomic mass is 16.2. The number of amides is 2. The number of rotatable bonds is 4. The number of nitrogens with two attached hydrogens (primary N) is 1. The monoisotopic (exact) mass is 213 g/mol.